The number of amides is 1. The van der Waals surface area contributed by atoms with E-state index >= 15 is 0 Å². The highest BCUT2D eigenvalue weighted by Crippen LogP contribution is 1.89. The average Bonchev–Trinajstić information content (AvgIpc) is 2.30. The van der Waals surface area contributed by atoms with Crippen molar-refractivity contribution in [1.29, 1.82) is 0 Å². The summed E-state index contributed by atoms with van der Waals surface area (Å²) in [5.41, 5.74) is 0. The lowest BCUT2D eigenvalue weighted by Crippen LogP contribution is -2.15. The fourth-order valence-corrected chi connectivity index (χ4v) is 0.627. The first-order valence-electron chi connectivity index (χ1n) is 5.23. The van der Waals surface area contributed by atoms with Crippen LogP contribution in [0.2, 0.25) is 0 Å². The van der Waals surface area contributed by atoms with Crippen LogP contribution in [-0.4, -0.2) is 48.1 Å². The Morgan fingerprint density at radius 3 is 2.65 bits per heavy atom. The van der Waals surface area contributed by atoms with Gasteiger partial charge in [-0.1, -0.05) is 13.0 Å². The maximum atomic E-state index is 10.1. The lowest BCUT2D eigenvalue weighted by Gasteiger charge is -2.06. The molecule has 0 aromatic heterocycles. The highest BCUT2D eigenvalue weighted by Gasteiger charge is 1.97. The van der Waals surface area contributed by atoms with Crippen LogP contribution in [0.5, 0.6) is 0 Å². The first-order valence-corrected chi connectivity index (χ1v) is 5.23. The van der Waals surface area contributed by atoms with Gasteiger partial charge in [-0.3, -0.25) is 4.79 Å². The number of carbonyl (C=O) groups is 1. The van der Waals surface area contributed by atoms with Crippen LogP contribution >= 0.6 is 0 Å². The summed E-state index contributed by atoms with van der Waals surface area (Å²) in [6.07, 6.45) is 4.14. The highest BCUT2D eigenvalue weighted by atomic mass is 16.5. The maximum Gasteiger partial charge on any atom is 0.280 e. The standard InChI is InChI=1S/C6H14O3.C5H5NO2/c1-2-6(8)5-9-4-3-7;1-2-3-5(8)6-4-7/h6-8H,2-5H2,1H3;2-3H,1H3/b;3-2+. The molecule has 17 heavy (non-hydrogen) atoms. The van der Waals surface area contributed by atoms with Gasteiger partial charge in [0.15, 0.2) is 0 Å². The molecular weight excluding hydrogens is 226 g/mol. The van der Waals surface area contributed by atoms with Crippen LogP contribution < -0.4 is 0 Å². The lowest BCUT2D eigenvalue weighted by atomic mass is 10.3. The molecule has 0 saturated carbocycles. The van der Waals surface area contributed by atoms with Crippen molar-refractivity contribution in [3.63, 3.8) is 0 Å². The van der Waals surface area contributed by atoms with Gasteiger partial charge in [0.1, 0.15) is 0 Å². The van der Waals surface area contributed by atoms with E-state index in [1.165, 1.54) is 12.2 Å². The number of allylic oxidation sites excluding steroid dienone is 1. The monoisotopic (exact) mass is 245 g/mol. The lowest BCUT2D eigenvalue weighted by molar-refractivity contribution is -0.113. The quantitative estimate of drug-likeness (QED) is 0.301. The van der Waals surface area contributed by atoms with Gasteiger partial charge >= 0.3 is 0 Å². The van der Waals surface area contributed by atoms with Crippen LogP contribution in [0.4, 0.5) is 0 Å². The van der Waals surface area contributed by atoms with Crippen LogP contribution in [-0.2, 0) is 14.3 Å². The Balaban J connectivity index is 0. The van der Waals surface area contributed by atoms with Crippen LogP contribution in [0, 0.1) is 0 Å². The molecule has 1 amide bonds. The number of isocyanates is 1. The van der Waals surface area contributed by atoms with E-state index in [0.717, 1.165) is 6.08 Å². The Bertz CT molecular complexity index is 259. The van der Waals surface area contributed by atoms with Crippen LogP contribution in [0.15, 0.2) is 17.1 Å². The van der Waals surface area contributed by atoms with Crippen LogP contribution in [0.25, 0.3) is 0 Å². The summed E-state index contributed by atoms with van der Waals surface area (Å²) in [6.45, 7) is 4.22. The van der Waals surface area contributed by atoms with Gasteiger partial charge in [0.05, 0.1) is 25.9 Å². The summed E-state index contributed by atoms with van der Waals surface area (Å²) in [5, 5.41) is 17.1. The average molecular weight is 245 g/mol. The van der Waals surface area contributed by atoms with Crippen LogP contribution in [0.1, 0.15) is 20.3 Å². The molecule has 0 saturated heterocycles. The Morgan fingerprint density at radius 2 is 2.24 bits per heavy atom. The number of rotatable bonds is 6. The molecule has 6 heteroatoms. The van der Waals surface area contributed by atoms with E-state index in [2.05, 4.69) is 4.99 Å². The van der Waals surface area contributed by atoms with Gasteiger partial charge in [-0.2, -0.15) is 0 Å². The molecule has 0 bridgehead atoms. The number of hydrogen-bond donors (Lipinski definition) is 2. The molecule has 0 aromatic carbocycles. The number of carbonyl (C=O) groups excluding carboxylic acids is 2. The van der Waals surface area contributed by atoms with E-state index < -0.39 is 5.91 Å². The van der Waals surface area contributed by atoms with Gasteiger partial charge < -0.3 is 14.9 Å². The van der Waals surface area contributed by atoms with E-state index in [-0.39, 0.29) is 12.7 Å². The van der Waals surface area contributed by atoms with E-state index in [0.29, 0.717) is 19.6 Å². The first kappa shape index (κ1) is 18.0. The summed E-state index contributed by atoms with van der Waals surface area (Å²) >= 11 is 0. The van der Waals surface area contributed by atoms with Gasteiger partial charge in [-0.25, -0.2) is 4.79 Å². The summed E-state index contributed by atoms with van der Waals surface area (Å²) in [5.74, 6) is -0.567. The number of aliphatic imine (C=N–C) groups is 1. The molecular formula is C11H19NO5. The van der Waals surface area contributed by atoms with E-state index in [1.54, 1.807) is 6.92 Å². The zero-order valence-electron chi connectivity index (χ0n) is 10.1. The first-order chi connectivity index (χ1) is 8.12. The Morgan fingerprint density at radius 1 is 1.59 bits per heavy atom. The van der Waals surface area contributed by atoms with Gasteiger partial charge in [0.2, 0.25) is 6.08 Å². The molecule has 1 atom stereocenters. The molecule has 0 aliphatic rings. The van der Waals surface area contributed by atoms with Crippen molar-refractivity contribution in [2.24, 2.45) is 4.99 Å². The fraction of sp³-hybridized carbons (Fsp3) is 0.636. The molecule has 0 fully saturated rings. The Hall–Kier alpha value is -1.33. The number of aliphatic hydroxyl groups excluding tert-OH is 2. The smallest absolute Gasteiger partial charge is 0.280 e. The van der Waals surface area contributed by atoms with E-state index in [9.17, 15) is 9.59 Å². The number of nitrogens with zero attached hydrogens (tertiary/aromatic N) is 1. The van der Waals surface area contributed by atoms with Crippen molar-refractivity contribution in [1.82, 2.24) is 0 Å². The summed E-state index contributed by atoms with van der Waals surface area (Å²) in [4.78, 5) is 22.3. The fourth-order valence-electron chi connectivity index (χ4n) is 0.627. The van der Waals surface area contributed by atoms with Gasteiger partial charge in [0.25, 0.3) is 5.91 Å². The second-order valence-corrected chi connectivity index (χ2v) is 2.90. The zero-order chi connectivity index (χ0) is 13.5. The molecule has 0 aliphatic carbocycles. The summed E-state index contributed by atoms with van der Waals surface area (Å²) < 4.78 is 4.84. The molecule has 2 N–H and O–H groups in total. The zero-order valence-corrected chi connectivity index (χ0v) is 10.1. The Labute approximate surface area is 101 Å². The molecule has 0 heterocycles. The summed E-state index contributed by atoms with van der Waals surface area (Å²) in [6, 6.07) is 0. The van der Waals surface area contributed by atoms with Crippen molar-refractivity contribution >= 4 is 12.0 Å². The minimum atomic E-state index is -0.567. The predicted octanol–water partition coefficient (Wildman–Crippen LogP) is 0.191. The highest BCUT2D eigenvalue weighted by molar-refractivity contribution is 5.91. The van der Waals surface area contributed by atoms with E-state index in [1.807, 2.05) is 6.92 Å². The largest absolute Gasteiger partial charge is 0.394 e. The van der Waals surface area contributed by atoms with Crippen LogP contribution in [0.3, 0.4) is 0 Å². The molecule has 98 valence electrons. The molecule has 0 rings (SSSR count). The maximum absolute atomic E-state index is 10.1. The molecule has 0 aromatic rings. The van der Waals surface area contributed by atoms with Crippen molar-refractivity contribution in [2.75, 3.05) is 19.8 Å². The Kier molecular flexibility index (Phi) is 15.6. The van der Waals surface area contributed by atoms with E-state index in [4.69, 9.17) is 14.9 Å². The predicted molar refractivity (Wildman–Crippen MR) is 62.1 cm³/mol. The molecule has 0 spiro atoms. The van der Waals surface area contributed by atoms with Gasteiger partial charge in [-0.05, 0) is 13.3 Å². The molecule has 6 nitrogen and oxygen atoms in total. The molecule has 1 unspecified atom stereocenters. The second-order valence-electron chi connectivity index (χ2n) is 2.90. The topological polar surface area (TPSA) is 96.2 Å². The second kappa shape index (κ2) is 14.7. The summed E-state index contributed by atoms with van der Waals surface area (Å²) in [7, 11) is 0. The number of ether oxygens (including phenoxy) is 1. The van der Waals surface area contributed by atoms with Crippen molar-refractivity contribution < 1.29 is 24.5 Å². The van der Waals surface area contributed by atoms with Crippen molar-refractivity contribution in [3.05, 3.63) is 12.2 Å². The van der Waals surface area contributed by atoms with Gasteiger partial charge in [-0.15, -0.1) is 4.99 Å². The minimum absolute atomic E-state index is 0.0242. The van der Waals surface area contributed by atoms with Gasteiger partial charge in [0, 0.05) is 6.08 Å². The van der Waals surface area contributed by atoms with Crippen molar-refractivity contribution in [3.8, 4) is 0 Å². The molecule has 0 radical (unpaired) electrons. The number of aliphatic hydroxyl groups is 2. The minimum Gasteiger partial charge on any atom is -0.394 e. The number of hydrogen-bond acceptors (Lipinski definition) is 5. The third-order valence-electron chi connectivity index (χ3n) is 1.48. The third-order valence-corrected chi connectivity index (χ3v) is 1.48. The SMILES string of the molecule is C/C=C/C(=O)N=C=O.CCC(O)COCCO. The third kappa shape index (κ3) is 17.3. The normalized spacial score (nSPS) is 11.3. The molecule has 0 aliphatic heterocycles. The van der Waals surface area contributed by atoms with Crippen molar-refractivity contribution in [2.45, 2.75) is 26.4 Å².